The predicted molar refractivity (Wildman–Crippen MR) is 96.8 cm³/mol. The van der Waals surface area contributed by atoms with Crippen molar-refractivity contribution < 1.29 is 9.84 Å². The number of thioether (sulfide) groups is 1. The third-order valence-corrected chi connectivity index (χ3v) is 5.50. The van der Waals surface area contributed by atoms with Gasteiger partial charge in [0.05, 0.1) is 6.10 Å². The zero-order chi connectivity index (χ0) is 17.0. The summed E-state index contributed by atoms with van der Waals surface area (Å²) in [5.41, 5.74) is 2.50. The van der Waals surface area contributed by atoms with Crippen molar-refractivity contribution in [3.05, 3.63) is 34.3 Å². The molecular weight excluding hydrogens is 328 g/mol. The molecule has 0 aliphatic carbocycles. The van der Waals surface area contributed by atoms with Crippen LogP contribution in [0.4, 0.5) is 0 Å². The summed E-state index contributed by atoms with van der Waals surface area (Å²) < 4.78 is 6.65. The average molecular weight is 353 g/mol. The van der Waals surface area contributed by atoms with Crippen LogP contribution in [0.15, 0.2) is 22.5 Å². The third kappa shape index (κ3) is 5.48. The second-order valence-electron chi connectivity index (χ2n) is 6.59. The van der Waals surface area contributed by atoms with Crippen LogP contribution in [0.2, 0.25) is 0 Å². The lowest BCUT2D eigenvalue weighted by Gasteiger charge is -2.21. The summed E-state index contributed by atoms with van der Waals surface area (Å²) in [6.45, 7) is 10.8. The maximum Gasteiger partial charge on any atom is 0.174 e. The topological polar surface area (TPSA) is 55.2 Å². The van der Waals surface area contributed by atoms with Crippen molar-refractivity contribution in [2.45, 2.75) is 50.5 Å². The van der Waals surface area contributed by atoms with E-state index < -0.39 is 6.10 Å². The largest absolute Gasteiger partial charge is 0.491 e. The van der Waals surface area contributed by atoms with E-state index in [1.54, 1.807) is 0 Å². The number of hydrogen-bond acceptors (Lipinski definition) is 6. The Morgan fingerprint density at radius 1 is 1.26 bits per heavy atom. The maximum atomic E-state index is 10.1. The van der Waals surface area contributed by atoms with Crippen LogP contribution in [0.5, 0.6) is 5.75 Å². The molecule has 2 aromatic rings. The van der Waals surface area contributed by atoms with E-state index in [1.165, 1.54) is 28.7 Å². The second kappa shape index (κ2) is 7.64. The predicted octanol–water partition coefficient (Wildman–Crippen LogP) is 3.98. The Hall–Kier alpha value is -1.11. The first-order valence-corrected chi connectivity index (χ1v) is 9.41. The average Bonchev–Trinajstić information content (AvgIpc) is 2.88. The van der Waals surface area contributed by atoms with Gasteiger partial charge in [0.2, 0.25) is 0 Å². The molecule has 4 nitrogen and oxygen atoms in total. The molecule has 126 valence electrons. The molecule has 1 N–H and O–H groups in total. The SMILES string of the molecule is Cc1nnc(SCC(O)COc2ccc(C(C)(C)C)cc2C)s1. The molecule has 0 fully saturated rings. The molecule has 0 saturated carbocycles. The van der Waals surface area contributed by atoms with Crippen LogP contribution in [0.1, 0.15) is 36.9 Å². The summed E-state index contributed by atoms with van der Waals surface area (Å²) in [7, 11) is 0. The van der Waals surface area contributed by atoms with Crippen molar-refractivity contribution in [2.24, 2.45) is 0 Å². The van der Waals surface area contributed by atoms with E-state index in [1.807, 2.05) is 19.9 Å². The number of nitrogens with zero attached hydrogens (tertiary/aromatic N) is 2. The molecular formula is C17H24N2O2S2. The summed E-state index contributed by atoms with van der Waals surface area (Å²) in [6, 6.07) is 6.23. The highest BCUT2D eigenvalue weighted by molar-refractivity contribution is 8.01. The second-order valence-corrected chi connectivity index (χ2v) is 9.04. The fourth-order valence-electron chi connectivity index (χ4n) is 2.02. The van der Waals surface area contributed by atoms with Gasteiger partial charge >= 0.3 is 0 Å². The number of aliphatic hydroxyl groups excluding tert-OH is 1. The molecule has 0 radical (unpaired) electrons. The van der Waals surface area contributed by atoms with Gasteiger partial charge in [0, 0.05) is 5.75 Å². The first-order valence-electron chi connectivity index (χ1n) is 7.60. The van der Waals surface area contributed by atoms with E-state index in [9.17, 15) is 5.11 Å². The molecule has 0 saturated heterocycles. The van der Waals surface area contributed by atoms with E-state index in [0.717, 1.165) is 20.7 Å². The molecule has 6 heteroatoms. The Kier molecular flexibility index (Phi) is 6.06. The Bertz CT molecular complexity index is 650. The molecule has 23 heavy (non-hydrogen) atoms. The lowest BCUT2D eigenvalue weighted by molar-refractivity contribution is 0.126. The molecule has 1 aromatic heterocycles. The van der Waals surface area contributed by atoms with Crippen molar-refractivity contribution in [2.75, 3.05) is 12.4 Å². The van der Waals surface area contributed by atoms with Crippen LogP contribution < -0.4 is 4.74 Å². The van der Waals surface area contributed by atoms with Gasteiger partial charge in [-0.05, 0) is 36.5 Å². The Labute approximate surface area is 146 Å². The molecule has 1 unspecified atom stereocenters. The van der Waals surface area contributed by atoms with Gasteiger partial charge < -0.3 is 9.84 Å². The fraction of sp³-hybridized carbons (Fsp3) is 0.529. The molecule has 0 amide bonds. The highest BCUT2D eigenvalue weighted by Gasteiger charge is 2.15. The van der Waals surface area contributed by atoms with Crippen molar-refractivity contribution in [1.82, 2.24) is 10.2 Å². The van der Waals surface area contributed by atoms with E-state index in [2.05, 4.69) is 43.1 Å². The summed E-state index contributed by atoms with van der Waals surface area (Å²) >= 11 is 3.05. The van der Waals surface area contributed by atoms with Gasteiger partial charge in [0.1, 0.15) is 17.4 Å². The number of aryl methyl sites for hydroxylation is 2. The number of rotatable bonds is 6. The summed E-state index contributed by atoms with van der Waals surface area (Å²) in [5.74, 6) is 1.38. The monoisotopic (exact) mass is 352 g/mol. The van der Waals surface area contributed by atoms with Gasteiger partial charge in [-0.2, -0.15) is 0 Å². The molecule has 1 aromatic carbocycles. The van der Waals surface area contributed by atoms with Crippen LogP contribution >= 0.6 is 23.1 Å². The number of hydrogen-bond donors (Lipinski definition) is 1. The highest BCUT2D eigenvalue weighted by atomic mass is 32.2. The minimum Gasteiger partial charge on any atom is -0.491 e. The molecule has 2 rings (SSSR count). The third-order valence-electron chi connectivity index (χ3n) is 3.38. The molecule has 0 aliphatic heterocycles. The Morgan fingerprint density at radius 3 is 2.57 bits per heavy atom. The molecule has 1 atom stereocenters. The molecule has 1 heterocycles. The molecule has 0 aliphatic rings. The quantitative estimate of drug-likeness (QED) is 0.797. The number of ether oxygens (including phenoxy) is 1. The Balaban J connectivity index is 1.85. The zero-order valence-electron chi connectivity index (χ0n) is 14.3. The van der Waals surface area contributed by atoms with Crippen molar-refractivity contribution in [3.8, 4) is 5.75 Å². The maximum absolute atomic E-state index is 10.1. The minimum atomic E-state index is -0.536. The number of aromatic nitrogens is 2. The number of aliphatic hydroxyl groups is 1. The van der Waals surface area contributed by atoms with Gasteiger partial charge in [0.15, 0.2) is 4.34 Å². The summed E-state index contributed by atoms with van der Waals surface area (Å²) in [4.78, 5) is 0. The lowest BCUT2D eigenvalue weighted by Crippen LogP contribution is -2.20. The van der Waals surface area contributed by atoms with Crippen LogP contribution in [-0.2, 0) is 5.41 Å². The van der Waals surface area contributed by atoms with Crippen molar-refractivity contribution in [3.63, 3.8) is 0 Å². The zero-order valence-corrected chi connectivity index (χ0v) is 15.9. The Morgan fingerprint density at radius 2 is 2.00 bits per heavy atom. The van der Waals surface area contributed by atoms with Gasteiger partial charge in [0.25, 0.3) is 0 Å². The van der Waals surface area contributed by atoms with E-state index in [-0.39, 0.29) is 12.0 Å². The van der Waals surface area contributed by atoms with Gasteiger partial charge in [-0.1, -0.05) is 56.0 Å². The highest BCUT2D eigenvalue weighted by Crippen LogP contribution is 2.28. The van der Waals surface area contributed by atoms with Crippen LogP contribution in [-0.4, -0.2) is 33.8 Å². The first-order chi connectivity index (χ1) is 10.8. The summed E-state index contributed by atoms with van der Waals surface area (Å²) in [5, 5.41) is 19.0. The van der Waals surface area contributed by atoms with E-state index in [0.29, 0.717) is 5.75 Å². The van der Waals surface area contributed by atoms with Crippen molar-refractivity contribution >= 4 is 23.1 Å². The van der Waals surface area contributed by atoms with Gasteiger partial charge in [-0.3, -0.25) is 0 Å². The minimum absolute atomic E-state index is 0.124. The number of benzene rings is 1. The molecule has 0 bridgehead atoms. The normalized spacial score (nSPS) is 13.1. The standard InChI is InChI=1S/C17H24N2O2S2/c1-11-8-13(17(3,4)5)6-7-15(11)21-9-14(20)10-22-16-19-18-12(2)23-16/h6-8,14,20H,9-10H2,1-5H3. The van der Waals surface area contributed by atoms with E-state index >= 15 is 0 Å². The lowest BCUT2D eigenvalue weighted by atomic mass is 9.86. The van der Waals surface area contributed by atoms with Crippen molar-refractivity contribution in [1.29, 1.82) is 0 Å². The van der Waals surface area contributed by atoms with Gasteiger partial charge in [-0.25, -0.2) is 0 Å². The first kappa shape index (κ1) is 18.2. The fourth-order valence-corrected chi connectivity index (χ4v) is 3.76. The smallest absolute Gasteiger partial charge is 0.174 e. The van der Waals surface area contributed by atoms with Crippen LogP contribution in [0.25, 0.3) is 0 Å². The van der Waals surface area contributed by atoms with Crippen LogP contribution in [0, 0.1) is 13.8 Å². The molecule has 0 spiro atoms. The summed E-state index contributed by atoms with van der Waals surface area (Å²) in [6.07, 6.45) is -0.536. The van der Waals surface area contributed by atoms with Gasteiger partial charge in [-0.15, -0.1) is 10.2 Å². The van der Waals surface area contributed by atoms with Crippen LogP contribution in [0.3, 0.4) is 0 Å². The van der Waals surface area contributed by atoms with E-state index in [4.69, 9.17) is 4.74 Å².